The van der Waals surface area contributed by atoms with E-state index in [9.17, 15) is 31.5 Å². The lowest BCUT2D eigenvalue weighted by atomic mass is 10.2. The second-order valence-corrected chi connectivity index (χ2v) is 5.71. The highest BCUT2D eigenvalue weighted by atomic mass is 19.2. The van der Waals surface area contributed by atoms with Crippen LogP contribution in [0.2, 0.25) is 0 Å². The molecule has 2 heterocycles. The van der Waals surface area contributed by atoms with Gasteiger partial charge >= 0.3 is 11.8 Å². The van der Waals surface area contributed by atoms with Crippen molar-refractivity contribution in [2.75, 3.05) is 5.32 Å². The number of hydrogen-bond donors (Lipinski definition) is 2. The average molecular weight is 398 g/mol. The summed E-state index contributed by atoms with van der Waals surface area (Å²) in [4.78, 5) is 27.8. The van der Waals surface area contributed by atoms with Gasteiger partial charge in [0, 0.05) is 11.9 Å². The highest BCUT2D eigenvalue weighted by Gasteiger charge is 2.28. The second kappa shape index (κ2) is 7.25. The van der Waals surface area contributed by atoms with Gasteiger partial charge < -0.3 is 15.0 Å². The number of hydrogen-bond acceptors (Lipinski definition) is 3. The molecule has 3 aromatic rings. The Hall–Kier alpha value is -3.50. The summed E-state index contributed by atoms with van der Waals surface area (Å²) < 4.78 is 68.1. The maximum atomic E-state index is 13.6. The molecule has 0 aliphatic carbocycles. The van der Waals surface area contributed by atoms with Gasteiger partial charge in [0.2, 0.25) is 5.82 Å². The fraction of sp³-hybridized carbons (Fsp3) is 0.118. The monoisotopic (exact) mass is 398 g/mol. The summed E-state index contributed by atoms with van der Waals surface area (Å²) in [5.41, 5.74) is 0.230. The van der Waals surface area contributed by atoms with Crippen molar-refractivity contribution in [3.8, 4) is 0 Å². The molecule has 0 aliphatic rings. The summed E-state index contributed by atoms with van der Waals surface area (Å²) >= 11 is 0. The zero-order valence-electron chi connectivity index (χ0n) is 14.1. The van der Waals surface area contributed by atoms with Crippen LogP contribution < -0.4 is 10.6 Å². The first-order valence-electron chi connectivity index (χ1n) is 7.75. The predicted octanol–water partition coefficient (Wildman–Crippen LogP) is 2.59. The lowest BCUT2D eigenvalue weighted by Gasteiger charge is -2.09. The molecule has 28 heavy (non-hydrogen) atoms. The molecule has 0 fully saturated rings. The summed E-state index contributed by atoms with van der Waals surface area (Å²) in [5.74, 6) is -14.3. The summed E-state index contributed by atoms with van der Waals surface area (Å²) in [6, 6.07) is 5.32. The smallest absolute Gasteiger partial charge is 0.313 e. The summed E-state index contributed by atoms with van der Waals surface area (Å²) in [6.07, 6.45) is 1.60. The van der Waals surface area contributed by atoms with Gasteiger partial charge in [-0.1, -0.05) is 6.07 Å². The maximum Gasteiger partial charge on any atom is 0.313 e. The zero-order valence-corrected chi connectivity index (χ0v) is 14.1. The van der Waals surface area contributed by atoms with Crippen molar-refractivity contribution in [3.05, 3.63) is 64.9 Å². The predicted molar refractivity (Wildman–Crippen MR) is 86.6 cm³/mol. The molecule has 1 aromatic carbocycles. The lowest BCUT2D eigenvalue weighted by molar-refractivity contribution is -0.136. The van der Waals surface area contributed by atoms with Gasteiger partial charge in [-0.05, 0) is 19.1 Å². The van der Waals surface area contributed by atoms with Crippen molar-refractivity contribution in [1.29, 1.82) is 0 Å². The number of pyridine rings is 1. The number of nitrogens with one attached hydrogen (secondary N) is 2. The molecule has 2 N–H and O–H groups in total. The quantitative estimate of drug-likeness (QED) is 0.308. The molecular weight excluding hydrogens is 387 g/mol. The number of benzene rings is 1. The van der Waals surface area contributed by atoms with Crippen LogP contribution in [0.5, 0.6) is 0 Å². The van der Waals surface area contributed by atoms with E-state index >= 15 is 0 Å². The third-order valence-electron chi connectivity index (χ3n) is 3.83. The van der Waals surface area contributed by atoms with Crippen LogP contribution in [0.1, 0.15) is 11.4 Å². The van der Waals surface area contributed by atoms with E-state index in [-0.39, 0.29) is 6.54 Å². The summed E-state index contributed by atoms with van der Waals surface area (Å²) in [7, 11) is 0. The van der Waals surface area contributed by atoms with E-state index < -0.39 is 46.6 Å². The minimum atomic E-state index is -2.38. The molecule has 0 aliphatic heterocycles. The SMILES string of the molecule is Cc1cccc2nc(CNC(=O)C(=O)Nc3c(F)c(F)c(F)c(F)c3F)cn12. The van der Waals surface area contributed by atoms with Crippen molar-refractivity contribution in [2.45, 2.75) is 13.5 Å². The molecule has 0 unspecified atom stereocenters. The fourth-order valence-corrected chi connectivity index (χ4v) is 2.42. The average Bonchev–Trinajstić information content (AvgIpc) is 3.10. The Morgan fingerprint density at radius 2 is 1.57 bits per heavy atom. The van der Waals surface area contributed by atoms with Crippen LogP contribution in [0.15, 0.2) is 24.4 Å². The topological polar surface area (TPSA) is 75.5 Å². The van der Waals surface area contributed by atoms with E-state index in [2.05, 4.69) is 10.3 Å². The molecule has 0 saturated carbocycles. The van der Waals surface area contributed by atoms with Gasteiger partial charge in [0.05, 0.1) is 12.2 Å². The number of fused-ring (bicyclic) bond motifs is 1. The molecule has 0 atom stereocenters. The molecule has 11 heteroatoms. The van der Waals surface area contributed by atoms with Gasteiger partial charge in [0.15, 0.2) is 23.3 Å². The standard InChI is InChI=1S/C17H11F5N4O2/c1-7-3-2-4-9-24-8(6-26(7)9)5-23-16(27)17(28)25-15-13(21)11(19)10(18)12(20)14(15)22/h2-4,6H,5H2,1H3,(H,23,27)(H,25,28). The van der Waals surface area contributed by atoms with E-state index in [0.717, 1.165) is 5.69 Å². The molecule has 0 spiro atoms. The number of anilines is 1. The Balaban J connectivity index is 1.71. The molecule has 0 radical (unpaired) electrons. The first-order chi connectivity index (χ1) is 13.2. The first kappa shape index (κ1) is 19.3. The van der Waals surface area contributed by atoms with Gasteiger partial charge in [-0.2, -0.15) is 0 Å². The van der Waals surface area contributed by atoms with Crippen molar-refractivity contribution >= 4 is 23.1 Å². The number of nitrogens with zero attached hydrogens (tertiary/aromatic N) is 2. The van der Waals surface area contributed by atoms with Crippen LogP contribution in [0.3, 0.4) is 0 Å². The normalized spacial score (nSPS) is 10.9. The molecule has 0 saturated heterocycles. The summed E-state index contributed by atoms with van der Waals surface area (Å²) in [5, 5.41) is 3.53. The van der Waals surface area contributed by atoms with Gasteiger partial charge in [-0.15, -0.1) is 0 Å². The second-order valence-electron chi connectivity index (χ2n) is 5.71. The first-order valence-corrected chi connectivity index (χ1v) is 7.75. The molecule has 0 bridgehead atoms. The van der Waals surface area contributed by atoms with Crippen molar-refractivity contribution in [3.63, 3.8) is 0 Å². The summed E-state index contributed by atoms with van der Waals surface area (Å²) in [6.45, 7) is 1.62. The molecule has 146 valence electrons. The van der Waals surface area contributed by atoms with Crippen molar-refractivity contribution < 1.29 is 31.5 Å². The minimum absolute atomic E-state index is 0.204. The van der Waals surface area contributed by atoms with Crippen LogP contribution in [-0.4, -0.2) is 21.2 Å². The van der Waals surface area contributed by atoms with Crippen LogP contribution in [0, 0.1) is 36.0 Å². The molecular formula is C17H11F5N4O2. The van der Waals surface area contributed by atoms with Gasteiger partial charge in [-0.3, -0.25) is 9.59 Å². The lowest BCUT2D eigenvalue weighted by Crippen LogP contribution is -2.35. The Morgan fingerprint density at radius 3 is 2.18 bits per heavy atom. The van der Waals surface area contributed by atoms with Crippen LogP contribution in [0.25, 0.3) is 5.65 Å². The van der Waals surface area contributed by atoms with Gasteiger partial charge in [-0.25, -0.2) is 26.9 Å². The Bertz CT molecular complexity index is 1080. The minimum Gasteiger partial charge on any atom is -0.342 e. The van der Waals surface area contributed by atoms with E-state index in [4.69, 9.17) is 0 Å². The number of rotatable bonds is 3. The fourth-order valence-electron chi connectivity index (χ4n) is 2.42. The number of carbonyl (C=O) groups excluding carboxylic acids is 2. The zero-order chi connectivity index (χ0) is 20.6. The highest BCUT2D eigenvalue weighted by Crippen LogP contribution is 2.27. The number of imidazole rings is 1. The van der Waals surface area contributed by atoms with Gasteiger partial charge in [0.25, 0.3) is 0 Å². The Morgan fingerprint density at radius 1 is 0.964 bits per heavy atom. The van der Waals surface area contributed by atoms with E-state index in [1.54, 1.807) is 22.7 Å². The van der Waals surface area contributed by atoms with Gasteiger partial charge in [0.1, 0.15) is 11.3 Å². The molecule has 3 rings (SSSR count). The van der Waals surface area contributed by atoms with E-state index in [1.807, 2.05) is 13.0 Å². The number of halogens is 5. The van der Waals surface area contributed by atoms with Crippen LogP contribution in [0.4, 0.5) is 27.6 Å². The highest BCUT2D eigenvalue weighted by molar-refractivity contribution is 6.39. The van der Waals surface area contributed by atoms with E-state index in [1.165, 1.54) is 5.32 Å². The molecule has 6 nitrogen and oxygen atoms in total. The third kappa shape index (κ3) is 3.38. The van der Waals surface area contributed by atoms with Crippen LogP contribution >= 0.6 is 0 Å². The number of aromatic nitrogens is 2. The Kier molecular flexibility index (Phi) is 4.99. The number of amides is 2. The molecule has 2 amide bonds. The van der Waals surface area contributed by atoms with Crippen molar-refractivity contribution in [2.24, 2.45) is 0 Å². The van der Waals surface area contributed by atoms with Crippen molar-refractivity contribution in [1.82, 2.24) is 14.7 Å². The molecule has 2 aromatic heterocycles. The number of carbonyl (C=O) groups is 2. The third-order valence-corrected chi connectivity index (χ3v) is 3.83. The maximum absolute atomic E-state index is 13.6. The largest absolute Gasteiger partial charge is 0.342 e. The number of aryl methyl sites for hydroxylation is 1. The van der Waals surface area contributed by atoms with E-state index in [0.29, 0.717) is 11.3 Å². The van der Waals surface area contributed by atoms with Crippen LogP contribution in [-0.2, 0) is 16.1 Å². The Labute approximate surface area is 154 Å².